The Kier molecular flexibility index (Phi) is 7.75. The molecular formula is C56H35NOS. The molecule has 3 heteroatoms. The molecule has 0 radical (unpaired) electrons. The monoisotopic (exact) mass is 769 g/mol. The summed E-state index contributed by atoms with van der Waals surface area (Å²) in [5.74, 6) is 0. The van der Waals surface area contributed by atoms with Crippen molar-refractivity contribution in [3.63, 3.8) is 0 Å². The summed E-state index contributed by atoms with van der Waals surface area (Å²) in [6.45, 7) is 0. The van der Waals surface area contributed by atoms with Gasteiger partial charge in [0.2, 0.25) is 0 Å². The molecule has 0 fully saturated rings. The minimum Gasteiger partial charge on any atom is -0.455 e. The molecule has 0 aliphatic heterocycles. The van der Waals surface area contributed by atoms with Gasteiger partial charge in [0.25, 0.3) is 0 Å². The van der Waals surface area contributed by atoms with Gasteiger partial charge in [0, 0.05) is 42.9 Å². The maximum absolute atomic E-state index is 6.59. The van der Waals surface area contributed by atoms with Crippen molar-refractivity contribution >= 4 is 92.1 Å². The second-order valence-corrected chi connectivity index (χ2v) is 16.2. The van der Waals surface area contributed by atoms with Gasteiger partial charge in [-0.3, -0.25) is 0 Å². The van der Waals surface area contributed by atoms with E-state index in [9.17, 15) is 0 Å². The van der Waals surface area contributed by atoms with E-state index in [1.54, 1.807) is 0 Å². The van der Waals surface area contributed by atoms with Gasteiger partial charge >= 0.3 is 0 Å². The maximum atomic E-state index is 6.59. The van der Waals surface area contributed by atoms with Crippen LogP contribution in [-0.4, -0.2) is 0 Å². The van der Waals surface area contributed by atoms with Crippen LogP contribution in [0.5, 0.6) is 0 Å². The molecule has 0 aliphatic rings. The smallest absolute Gasteiger partial charge is 0.143 e. The van der Waals surface area contributed by atoms with Crippen LogP contribution in [0.15, 0.2) is 217 Å². The lowest BCUT2D eigenvalue weighted by Gasteiger charge is -2.28. The Morgan fingerprint density at radius 1 is 0.322 bits per heavy atom. The van der Waals surface area contributed by atoms with E-state index < -0.39 is 0 Å². The van der Waals surface area contributed by atoms with E-state index >= 15 is 0 Å². The third-order valence-electron chi connectivity index (χ3n) is 11.9. The molecule has 2 nitrogen and oxygen atoms in total. The number of hydrogen-bond acceptors (Lipinski definition) is 3. The first kappa shape index (κ1) is 33.7. The van der Waals surface area contributed by atoms with Crippen molar-refractivity contribution < 1.29 is 4.42 Å². The summed E-state index contributed by atoms with van der Waals surface area (Å²) >= 11 is 1.88. The molecule has 0 bridgehead atoms. The minimum atomic E-state index is 0.904. The second-order valence-electron chi connectivity index (χ2n) is 15.2. The largest absolute Gasteiger partial charge is 0.455 e. The summed E-state index contributed by atoms with van der Waals surface area (Å²) in [5.41, 5.74) is 12.3. The van der Waals surface area contributed by atoms with Crippen LogP contribution < -0.4 is 4.90 Å². The summed E-state index contributed by atoms with van der Waals surface area (Å²) in [6.07, 6.45) is 0. The van der Waals surface area contributed by atoms with Crippen molar-refractivity contribution in [3.05, 3.63) is 212 Å². The quantitative estimate of drug-likeness (QED) is 0.167. The number of rotatable bonds is 6. The average molecular weight is 770 g/mol. The third-order valence-corrected chi connectivity index (χ3v) is 13.2. The first-order valence-corrected chi connectivity index (χ1v) is 20.9. The highest BCUT2D eigenvalue weighted by Gasteiger charge is 2.23. The minimum absolute atomic E-state index is 0.904. The van der Waals surface area contributed by atoms with Crippen LogP contribution in [0.4, 0.5) is 17.1 Å². The van der Waals surface area contributed by atoms with E-state index in [1.165, 1.54) is 64.0 Å². The molecule has 276 valence electrons. The molecule has 59 heavy (non-hydrogen) atoms. The lowest BCUT2D eigenvalue weighted by molar-refractivity contribution is 0.670. The fraction of sp³-hybridized carbons (Fsp3) is 0. The number of nitrogens with zero attached hydrogens (tertiary/aromatic N) is 1. The molecule has 10 aromatic carbocycles. The van der Waals surface area contributed by atoms with Gasteiger partial charge in [-0.05, 0) is 74.3 Å². The Bertz CT molecular complexity index is 3550. The molecule has 0 saturated carbocycles. The molecule has 0 unspecified atom stereocenters. The van der Waals surface area contributed by atoms with E-state index in [-0.39, 0.29) is 0 Å². The molecule has 12 aromatic rings. The molecule has 2 aromatic heterocycles. The topological polar surface area (TPSA) is 16.4 Å². The molecule has 0 amide bonds. The Labute approximate surface area is 345 Å². The van der Waals surface area contributed by atoms with Gasteiger partial charge in [-0.1, -0.05) is 182 Å². The molecule has 0 N–H and O–H groups in total. The van der Waals surface area contributed by atoms with Gasteiger partial charge in [-0.2, -0.15) is 0 Å². The number of fused-ring (bicyclic) bond motifs is 8. The average Bonchev–Trinajstić information content (AvgIpc) is 3.89. The van der Waals surface area contributed by atoms with Crippen molar-refractivity contribution in [2.75, 3.05) is 4.90 Å². The van der Waals surface area contributed by atoms with E-state index in [1.807, 2.05) is 17.4 Å². The number of para-hydroxylation sites is 2. The van der Waals surface area contributed by atoms with Gasteiger partial charge in [0.15, 0.2) is 0 Å². The van der Waals surface area contributed by atoms with Crippen molar-refractivity contribution in [2.24, 2.45) is 0 Å². The molecule has 0 atom stereocenters. The standard InChI is InChI=1S/C56H35NOS/c1-2-14-37(15-3-1)42-23-11-26-49-50-27-13-28-52(56(50)59-55(42)49)57(39-32-30-38(31-33-39)41-22-10-17-36-16-4-5-18-40(36)41)51-35-34-44(43-19-6-7-20-45(43)51)47-24-12-25-48-46-21-8-9-29-53(46)58-54(47)48/h1-35H. The zero-order chi connectivity index (χ0) is 38.9. The molecular weight excluding hydrogens is 735 g/mol. The fourth-order valence-electron chi connectivity index (χ4n) is 9.17. The van der Waals surface area contributed by atoms with Crippen LogP contribution in [0.2, 0.25) is 0 Å². The highest BCUT2D eigenvalue weighted by Crippen LogP contribution is 2.50. The van der Waals surface area contributed by atoms with Gasteiger partial charge < -0.3 is 9.32 Å². The number of furan rings is 1. The lowest BCUT2D eigenvalue weighted by atomic mass is 9.94. The Balaban J connectivity index is 1.10. The van der Waals surface area contributed by atoms with Crippen molar-refractivity contribution in [3.8, 4) is 33.4 Å². The number of hydrogen-bond donors (Lipinski definition) is 0. The highest BCUT2D eigenvalue weighted by molar-refractivity contribution is 7.27. The first-order chi connectivity index (χ1) is 29.3. The number of anilines is 3. The van der Waals surface area contributed by atoms with Crippen molar-refractivity contribution in [1.82, 2.24) is 0 Å². The fourth-order valence-corrected chi connectivity index (χ4v) is 10.5. The molecule has 0 spiro atoms. The van der Waals surface area contributed by atoms with Gasteiger partial charge in [-0.25, -0.2) is 0 Å². The SMILES string of the molecule is c1ccc(-c2cccc3c2sc2c(N(c4ccc(-c5cccc6ccccc56)cc4)c4ccc(-c5cccc6c5oc5ccccc56)c5ccccc45)cccc23)cc1. The van der Waals surface area contributed by atoms with Crippen LogP contribution in [0.25, 0.3) is 97.0 Å². The number of benzene rings is 10. The summed E-state index contributed by atoms with van der Waals surface area (Å²) in [7, 11) is 0. The van der Waals surface area contributed by atoms with E-state index in [0.29, 0.717) is 0 Å². The summed E-state index contributed by atoms with van der Waals surface area (Å²) in [6, 6.07) is 76.9. The van der Waals surface area contributed by atoms with E-state index in [0.717, 1.165) is 50.1 Å². The van der Waals surface area contributed by atoms with Crippen LogP contribution >= 0.6 is 11.3 Å². The van der Waals surface area contributed by atoms with Crippen LogP contribution in [0, 0.1) is 0 Å². The molecule has 12 rings (SSSR count). The van der Waals surface area contributed by atoms with Crippen LogP contribution in [-0.2, 0) is 0 Å². The van der Waals surface area contributed by atoms with Crippen molar-refractivity contribution in [1.29, 1.82) is 0 Å². The molecule has 0 aliphatic carbocycles. The molecule has 0 saturated heterocycles. The zero-order valence-electron chi connectivity index (χ0n) is 32.0. The predicted molar refractivity (Wildman–Crippen MR) is 253 cm³/mol. The van der Waals surface area contributed by atoms with Crippen molar-refractivity contribution in [2.45, 2.75) is 0 Å². The van der Waals surface area contributed by atoms with Gasteiger partial charge in [0.1, 0.15) is 11.2 Å². The maximum Gasteiger partial charge on any atom is 0.143 e. The third kappa shape index (κ3) is 5.40. The normalized spacial score (nSPS) is 11.7. The van der Waals surface area contributed by atoms with Crippen LogP contribution in [0.1, 0.15) is 0 Å². The summed E-state index contributed by atoms with van der Waals surface area (Å²) in [5, 5.41) is 9.64. The molecule has 2 heterocycles. The van der Waals surface area contributed by atoms with Crippen LogP contribution in [0.3, 0.4) is 0 Å². The van der Waals surface area contributed by atoms with Gasteiger partial charge in [-0.15, -0.1) is 11.3 Å². The summed E-state index contributed by atoms with van der Waals surface area (Å²) < 4.78 is 9.14. The lowest BCUT2D eigenvalue weighted by Crippen LogP contribution is -2.11. The Morgan fingerprint density at radius 2 is 0.915 bits per heavy atom. The van der Waals surface area contributed by atoms with E-state index in [4.69, 9.17) is 4.42 Å². The highest BCUT2D eigenvalue weighted by atomic mass is 32.1. The van der Waals surface area contributed by atoms with Gasteiger partial charge in [0.05, 0.1) is 16.1 Å². The van der Waals surface area contributed by atoms with E-state index in [2.05, 4.69) is 211 Å². The second kappa shape index (κ2) is 13.6. The zero-order valence-corrected chi connectivity index (χ0v) is 32.8. The Hall–Kier alpha value is -7.46. The number of thiophene rings is 1. The predicted octanol–water partition coefficient (Wildman–Crippen LogP) is 16.7. The Morgan fingerprint density at radius 3 is 1.76 bits per heavy atom. The first-order valence-electron chi connectivity index (χ1n) is 20.1. The summed E-state index contributed by atoms with van der Waals surface area (Å²) in [4.78, 5) is 2.47.